The second kappa shape index (κ2) is 8.76. The molecule has 0 bridgehead atoms. The summed E-state index contributed by atoms with van der Waals surface area (Å²) in [6.07, 6.45) is 0.646. The van der Waals surface area contributed by atoms with Crippen LogP contribution in [0.25, 0.3) is 0 Å². The first-order valence-electron chi connectivity index (χ1n) is 10.5. The van der Waals surface area contributed by atoms with E-state index >= 15 is 0 Å². The lowest BCUT2D eigenvalue weighted by Gasteiger charge is -2.48. The topological polar surface area (TPSA) is 70.1 Å². The highest BCUT2D eigenvalue weighted by Gasteiger charge is 2.59. The van der Waals surface area contributed by atoms with Crippen molar-refractivity contribution < 1.29 is 23.5 Å². The van der Waals surface area contributed by atoms with Crippen molar-refractivity contribution in [2.45, 2.75) is 69.0 Å². The molecule has 10 heteroatoms. The fraction of sp³-hybridized carbons (Fsp3) is 0.800. The first-order valence-corrected chi connectivity index (χ1v) is 15.1. The number of hydrogen-bond acceptors (Lipinski definition) is 6. The molecule has 1 unspecified atom stereocenters. The number of halogens is 1. The van der Waals surface area contributed by atoms with Gasteiger partial charge in [0.15, 0.2) is 14.0 Å². The number of aliphatic carboxylic acids is 1. The van der Waals surface area contributed by atoms with Crippen LogP contribution in [-0.2, 0) is 14.0 Å². The molecule has 2 saturated heterocycles. The normalized spacial score (nSPS) is 28.7. The van der Waals surface area contributed by atoms with Gasteiger partial charge in [-0.15, -0.1) is 11.8 Å². The highest BCUT2D eigenvalue weighted by Crippen LogP contribution is 2.55. The Morgan fingerprint density at radius 2 is 2.10 bits per heavy atom. The van der Waals surface area contributed by atoms with Gasteiger partial charge in [0, 0.05) is 18.3 Å². The molecular formula is C20H33FN2O4S2Si. The lowest BCUT2D eigenvalue weighted by molar-refractivity contribution is -0.156. The maximum absolute atomic E-state index is 12.9. The second-order valence-electron chi connectivity index (χ2n) is 9.79. The minimum Gasteiger partial charge on any atom is -0.477 e. The molecule has 3 aliphatic rings. The van der Waals surface area contributed by atoms with Crippen LogP contribution >= 0.6 is 23.5 Å². The molecule has 0 spiro atoms. The number of thioether (sulfide) groups is 2. The van der Waals surface area contributed by atoms with Crippen molar-refractivity contribution in [3.63, 3.8) is 0 Å². The quantitative estimate of drug-likeness (QED) is 0.420. The minimum absolute atomic E-state index is 0.0377. The molecule has 3 rings (SSSR count). The summed E-state index contributed by atoms with van der Waals surface area (Å²) in [4.78, 5) is 28.4. The molecular weight excluding hydrogens is 443 g/mol. The smallest absolute Gasteiger partial charge is 0.354 e. The van der Waals surface area contributed by atoms with Crippen LogP contribution in [0.15, 0.2) is 9.93 Å². The van der Waals surface area contributed by atoms with Gasteiger partial charge in [0.2, 0.25) is 5.91 Å². The lowest BCUT2D eigenvalue weighted by atomic mass is 9.92. The fourth-order valence-corrected chi connectivity index (χ4v) is 8.68. The molecule has 2 fully saturated rings. The average Bonchev–Trinajstić information content (AvgIpc) is 3.16. The number of carbonyl (C=O) groups excluding carboxylic acids is 1. The highest BCUT2D eigenvalue weighted by molar-refractivity contribution is 8.23. The van der Waals surface area contributed by atoms with E-state index in [0.29, 0.717) is 10.8 Å². The van der Waals surface area contributed by atoms with Crippen LogP contribution in [0.5, 0.6) is 0 Å². The van der Waals surface area contributed by atoms with Crippen molar-refractivity contribution in [3.8, 4) is 0 Å². The summed E-state index contributed by atoms with van der Waals surface area (Å²) >= 11 is 3.01. The van der Waals surface area contributed by atoms with E-state index in [1.165, 1.54) is 28.4 Å². The van der Waals surface area contributed by atoms with Crippen LogP contribution in [0.1, 0.15) is 34.1 Å². The van der Waals surface area contributed by atoms with Crippen molar-refractivity contribution in [2.24, 2.45) is 5.92 Å². The van der Waals surface area contributed by atoms with Gasteiger partial charge in [-0.3, -0.25) is 14.6 Å². The average molecular weight is 477 g/mol. The third-order valence-electron chi connectivity index (χ3n) is 6.64. The summed E-state index contributed by atoms with van der Waals surface area (Å²) in [5.74, 6) is -1.55. The van der Waals surface area contributed by atoms with E-state index in [-0.39, 0.29) is 46.0 Å². The van der Waals surface area contributed by atoms with Gasteiger partial charge in [-0.2, -0.15) is 0 Å². The van der Waals surface area contributed by atoms with Crippen LogP contribution in [0.3, 0.4) is 0 Å². The summed E-state index contributed by atoms with van der Waals surface area (Å²) in [6.45, 7) is 14.4. The van der Waals surface area contributed by atoms with Crippen LogP contribution in [0.4, 0.5) is 4.39 Å². The Morgan fingerprint density at radius 3 is 2.67 bits per heavy atom. The number of rotatable bonds is 8. The van der Waals surface area contributed by atoms with Crippen molar-refractivity contribution >= 4 is 43.7 Å². The molecule has 0 saturated carbocycles. The van der Waals surface area contributed by atoms with Crippen LogP contribution in [0.2, 0.25) is 18.1 Å². The van der Waals surface area contributed by atoms with E-state index in [2.05, 4.69) is 38.8 Å². The molecule has 170 valence electrons. The molecule has 6 nitrogen and oxygen atoms in total. The molecule has 0 aliphatic carbocycles. The lowest BCUT2D eigenvalue weighted by Crippen LogP contribution is -2.62. The summed E-state index contributed by atoms with van der Waals surface area (Å²) < 4.78 is 19.8. The fourth-order valence-electron chi connectivity index (χ4n) is 3.90. The van der Waals surface area contributed by atoms with Crippen LogP contribution < -0.4 is 0 Å². The Hall–Kier alpha value is -0.553. The molecule has 30 heavy (non-hydrogen) atoms. The van der Waals surface area contributed by atoms with Crippen LogP contribution in [-0.4, -0.2) is 78.1 Å². The summed E-state index contributed by atoms with van der Waals surface area (Å²) in [6, 6.07) is 0. The Balaban J connectivity index is 1.70. The molecule has 3 heterocycles. The third-order valence-corrected chi connectivity index (χ3v) is 14.1. The highest BCUT2D eigenvalue weighted by atomic mass is 32.2. The first kappa shape index (κ1) is 24.1. The SMILES string of the molecule is C[C@H](O[Si](C)(C)C(C)(C)C)[C@@H]1C(=O)N2C(C(=O)O)=C(SC3CCN(CCF)C3)S[C@H]12. The molecule has 4 atom stereocenters. The number of fused-ring (bicyclic) bond motifs is 1. The van der Waals surface area contributed by atoms with Crippen molar-refractivity contribution in [1.29, 1.82) is 0 Å². The number of nitrogens with zero attached hydrogens (tertiary/aromatic N) is 2. The van der Waals surface area contributed by atoms with E-state index in [1.807, 2.05) is 6.92 Å². The Morgan fingerprint density at radius 1 is 1.43 bits per heavy atom. The van der Waals surface area contributed by atoms with E-state index in [1.54, 1.807) is 0 Å². The first-order chi connectivity index (χ1) is 13.9. The van der Waals surface area contributed by atoms with E-state index in [0.717, 1.165) is 19.5 Å². The van der Waals surface area contributed by atoms with E-state index in [9.17, 15) is 19.1 Å². The predicted octanol–water partition coefficient (Wildman–Crippen LogP) is 3.96. The predicted molar refractivity (Wildman–Crippen MR) is 123 cm³/mol. The van der Waals surface area contributed by atoms with E-state index < -0.39 is 14.3 Å². The molecule has 0 aromatic carbocycles. The number of carbonyl (C=O) groups is 2. The number of carboxylic acids is 1. The molecule has 0 aromatic rings. The zero-order chi connectivity index (χ0) is 22.4. The van der Waals surface area contributed by atoms with Gasteiger partial charge in [-0.05, 0) is 38.0 Å². The largest absolute Gasteiger partial charge is 0.477 e. The van der Waals surface area contributed by atoms with Gasteiger partial charge in [-0.1, -0.05) is 32.5 Å². The number of alkyl halides is 1. The zero-order valence-corrected chi connectivity index (χ0v) is 21.2. The number of carboxylic acid groups (broad SMARTS) is 1. The number of β-lactam (4-membered cyclic amide) rings is 1. The third kappa shape index (κ3) is 4.48. The van der Waals surface area contributed by atoms with E-state index in [4.69, 9.17) is 4.43 Å². The van der Waals surface area contributed by atoms with Crippen molar-refractivity contribution in [1.82, 2.24) is 9.80 Å². The number of likely N-dealkylation sites (tertiary alicyclic amines) is 1. The van der Waals surface area contributed by atoms with Crippen LogP contribution in [0, 0.1) is 5.92 Å². The second-order valence-corrected chi connectivity index (χ2v) is 17.2. The number of hydrogen-bond donors (Lipinski definition) is 1. The summed E-state index contributed by atoms with van der Waals surface area (Å²) in [5, 5.41) is 9.84. The molecule has 1 N–H and O–H groups in total. The Kier molecular flexibility index (Phi) is 7.04. The molecule has 3 aliphatic heterocycles. The maximum atomic E-state index is 12.9. The summed E-state index contributed by atoms with van der Waals surface area (Å²) in [5.41, 5.74) is 0.111. The van der Waals surface area contributed by atoms with Gasteiger partial charge in [-0.25, -0.2) is 9.18 Å². The van der Waals surface area contributed by atoms with Crippen molar-refractivity contribution in [3.05, 3.63) is 9.93 Å². The molecule has 0 radical (unpaired) electrons. The van der Waals surface area contributed by atoms with Gasteiger partial charge in [0.1, 0.15) is 12.0 Å². The number of amides is 1. The molecule has 1 amide bonds. The molecule has 0 aromatic heterocycles. The Bertz CT molecular complexity index is 743. The van der Waals surface area contributed by atoms with Gasteiger partial charge in [0.05, 0.1) is 16.3 Å². The summed E-state index contributed by atoms with van der Waals surface area (Å²) in [7, 11) is -2.04. The van der Waals surface area contributed by atoms with Gasteiger partial charge < -0.3 is 9.53 Å². The minimum atomic E-state index is -2.04. The maximum Gasteiger partial charge on any atom is 0.354 e. The Labute approximate surface area is 188 Å². The van der Waals surface area contributed by atoms with Crippen molar-refractivity contribution in [2.75, 3.05) is 26.3 Å². The standard InChI is InChI=1S/C20H33FN2O4S2Si/c1-12(27-30(5,6)20(2,3)4)14-16(24)23-15(18(25)26)19(29-17(14)23)28-13-7-9-22(11-13)10-8-21/h12-14,17H,7-11H2,1-6H3,(H,25,26)/t12-,13?,14+,17+/m0/s1. The zero-order valence-electron chi connectivity index (χ0n) is 18.6. The van der Waals surface area contributed by atoms with Gasteiger partial charge in [0.25, 0.3) is 0 Å². The monoisotopic (exact) mass is 476 g/mol. The van der Waals surface area contributed by atoms with Gasteiger partial charge >= 0.3 is 5.97 Å².